The molecule has 0 fully saturated rings. The van der Waals surface area contributed by atoms with Crippen LogP contribution in [0.2, 0.25) is 0 Å². The Morgan fingerprint density at radius 1 is 1.38 bits per heavy atom. The molecule has 0 bridgehead atoms. The van der Waals surface area contributed by atoms with E-state index in [1.165, 1.54) is 0 Å². The van der Waals surface area contributed by atoms with Crippen LogP contribution >= 0.6 is 11.8 Å². The number of aliphatic hydroxyl groups excluding tert-OH is 1. The zero-order valence-electron chi connectivity index (χ0n) is 11.5. The van der Waals surface area contributed by atoms with Crippen LogP contribution in [0.25, 0.3) is 0 Å². The lowest BCUT2D eigenvalue weighted by atomic mass is 10.2. The molecule has 0 aliphatic heterocycles. The van der Waals surface area contributed by atoms with Crippen LogP contribution in [-0.2, 0) is 4.74 Å². The lowest BCUT2D eigenvalue weighted by molar-refractivity contribution is -0.0560. The van der Waals surface area contributed by atoms with Crippen LogP contribution in [0.4, 0.5) is 0 Å². The van der Waals surface area contributed by atoms with Crippen LogP contribution in [0.1, 0.15) is 27.7 Å². The number of hydrogen-bond acceptors (Lipinski definition) is 4. The maximum atomic E-state index is 9.83. The number of thioether (sulfide) groups is 1. The summed E-state index contributed by atoms with van der Waals surface area (Å²) in [7, 11) is 2.04. The fraction of sp³-hybridized carbons (Fsp3) is 1.00. The molecule has 0 aliphatic rings. The lowest BCUT2D eigenvalue weighted by Gasteiger charge is -2.28. The van der Waals surface area contributed by atoms with Gasteiger partial charge in [0.05, 0.1) is 18.3 Å². The number of hydrogen-bond donors (Lipinski definition) is 1. The van der Waals surface area contributed by atoms with Crippen molar-refractivity contribution in [2.24, 2.45) is 0 Å². The summed E-state index contributed by atoms with van der Waals surface area (Å²) in [5.41, 5.74) is -0.176. The molecule has 2 atom stereocenters. The second kappa shape index (κ2) is 7.54. The van der Waals surface area contributed by atoms with Crippen molar-refractivity contribution in [1.82, 2.24) is 4.90 Å². The van der Waals surface area contributed by atoms with Gasteiger partial charge in [0, 0.05) is 18.3 Å². The summed E-state index contributed by atoms with van der Waals surface area (Å²) in [6.07, 6.45) is 1.69. The quantitative estimate of drug-likeness (QED) is 0.746. The van der Waals surface area contributed by atoms with Gasteiger partial charge in [-0.2, -0.15) is 11.8 Å². The van der Waals surface area contributed by atoms with Gasteiger partial charge in [-0.05, 0) is 41.0 Å². The molecule has 0 saturated carbocycles. The van der Waals surface area contributed by atoms with Crippen molar-refractivity contribution < 1.29 is 9.84 Å². The molecule has 0 aromatic rings. The molecule has 0 saturated heterocycles. The van der Waals surface area contributed by atoms with Gasteiger partial charge in [0.1, 0.15) is 0 Å². The van der Waals surface area contributed by atoms with Crippen LogP contribution in [0, 0.1) is 0 Å². The minimum Gasteiger partial charge on any atom is -0.389 e. The summed E-state index contributed by atoms with van der Waals surface area (Å²) >= 11 is 1.83. The van der Waals surface area contributed by atoms with Crippen LogP contribution in [0.3, 0.4) is 0 Å². The van der Waals surface area contributed by atoms with Crippen molar-refractivity contribution in [3.05, 3.63) is 0 Å². The second-order valence-electron chi connectivity index (χ2n) is 5.32. The molecule has 0 heterocycles. The first-order valence-corrected chi connectivity index (χ1v) is 7.17. The number of ether oxygens (including phenoxy) is 1. The van der Waals surface area contributed by atoms with Crippen LogP contribution in [-0.4, -0.2) is 60.0 Å². The van der Waals surface area contributed by atoms with Gasteiger partial charge in [0.2, 0.25) is 0 Å². The third-order valence-electron chi connectivity index (χ3n) is 2.37. The molecule has 0 spiro atoms. The Morgan fingerprint density at radius 3 is 2.38 bits per heavy atom. The van der Waals surface area contributed by atoms with Gasteiger partial charge in [0.25, 0.3) is 0 Å². The Hall–Kier alpha value is 0.230. The fourth-order valence-electron chi connectivity index (χ4n) is 1.28. The maximum Gasteiger partial charge on any atom is 0.0900 e. The zero-order valence-corrected chi connectivity index (χ0v) is 12.3. The molecular weight excluding hydrogens is 222 g/mol. The standard InChI is InChI=1S/C12H27NO2S/c1-10(9-16-6)13(5)7-11(14)8-15-12(2,3)4/h10-11,14H,7-9H2,1-6H3. The van der Waals surface area contributed by atoms with E-state index in [-0.39, 0.29) is 5.60 Å². The zero-order chi connectivity index (χ0) is 12.8. The predicted octanol–water partition coefficient (Wildman–Crippen LogP) is 1.85. The van der Waals surface area contributed by atoms with E-state index in [9.17, 15) is 5.11 Å². The highest BCUT2D eigenvalue weighted by molar-refractivity contribution is 7.98. The SMILES string of the molecule is CSCC(C)N(C)CC(O)COC(C)(C)C. The molecule has 16 heavy (non-hydrogen) atoms. The summed E-state index contributed by atoms with van der Waals surface area (Å²) in [5.74, 6) is 1.09. The minimum atomic E-state index is -0.409. The lowest BCUT2D eigenvalue weighted by Crippen LogP contribution is -2.40. The summed E-state index contributed by atoms with van der Waals surface area (Å²) < 4.78 is 5.55. The number of aliphatic hydroxyl groups is 1. The molecule has 0 amide bonds. The largest absolute Gasteiger partial charge is 0.389 e. The highest BCUT2D eigenvalue weighted by Gasteiger charge is 2.17. The van der Waals surface area contributed by atoms with E-state index in [2.05, 4.69) is 18.1 Å². The van der Waals surface area contributed by atoms with Crippen molar-refractivity contribution in [1.29, 1.82) is 0 Å². The minimum absolute atomic E-state index is 0.176. The van der Waals surface area contributed by atoms with Crippen molar-refractivity contribution >= 4 is 11.8 Å². The van der Waals surface area contributed by atoms with E-state index in [1.807, 2.05) is 39.6 Å². The Labute approximate surface area is 105 Å². The van der Waals surface area contributed by atoms with E-state index in [4.69, 9.17) is 4.74 Å². The third kappa shape index (κ3) is 8.39. The van der Waals surface area contributed by atoms with Crippen LogP contribution in [0.15, 0.2) is 0 Å². The molecule has 1 N–H and O–H groups in total. The van der Waals surface area contributed by atoms with Gasteiger partial charge in [-0.15, -0.1) is 0 Å². The highest BCUT2D eigenvalue weighted by Crippen LogP contribution is 2.09. The fourth-order valence-corrected chi connectivity index (χ4v) is 2.02. The topological polar surface area (TPSA) is 32.7 Å². The van der Waals surface area contributed by atoms with E-state index < -0.39 is 6.10 Å². The molecule has 3 nitrogen and oxygen atoms in total. The Morgan fingerprint density at radius 2 is 1.94 bits per heavy atom. The summed E-state index contributed by atoms with van der Waals surface area (Å²) in [4.78, 5) is 2.17. The first-order chi connectivity index (χ1) is 7.26. The molecule has 0 aliphatic carbocycles. The number of nitrogens with zero attached hydrogens (tertiary/aromatic N) is 1. The normalized spacial score (nSPS) is 16.5. The second-order valence-corrected chi connectivity index (χ2v) is 6.23. The Kier molecular flexibility index (Phi) is 7.64. The molecule has 0 aromatic carbocycles. The number of rotatable bonds is 7. The van der Waals surface area contributed by atoms with Gasteiger partial charge in [-0.3, -0.25) is 0 Å². The number of likely N-dealkylation sites (N-methyl/N-ethyl adjacent to an activating group) is 1. The van der Waals surface area contributed by atoms with Crippen molar-refractivity contribution in [3.8, 4) is 0 Å². The average molecular weight is 249 g/mol. The first-order valence-electron chi connectivity index (χ1n) is 5.77. The molecule has 0 aromatic heterocycles. The summed E-state index contributed by atoms with van der Waals surface area (Å²) in [6.45, 7) is 9.24. The van der Waals surface area contributed by atoms with Crippen molar-refractivity contribution in [2.75, 3.05) is 32.2 Å². The van der Waals surface area contributed by atoms with Gasteiger partial charge < -0.3 is 14.7 Å². The highest BCUT2D eigenvalue weighted by atomic mass is 32.2. The predicted molar refractivity (Wildman–Crippen MR) is 72.2 cm³/mol. The van der Waals surface area contributed by atoms with E-state index >= 15 is 0 Å². The van der Waals surface area contributed by atoms with Crippen molar-refractivity contribution in [2.45, 2.75) is 45.4 Å². The van der Waals surface area contributed by atoms with E-state index in [1.54, 1.807) is 0 Å². The summed E-state index contributed by atoms with van der Waals surface area (Å²) in [6, 6.07) is 0.485. The Bertz CT molecular complexity index is 182. The Balaban J connectivity index is 3.82. The van der Waals surface area contributed by atoms with Gasteiger partial charge in [0.15, 0.2) is 0 Å². The van der Waals surface area contributed by atoms with E-state index in [0.29, 0.717) is 19.2 Å². The van der Waals surface area contributed by atoms with E-state index in [0.717, 1.165) is 5.75 Å². The third-order valence-corrected chi connectivity index (χ3v) is 3.18. The molecule has 2 unspecified atom stereocenters. The molecule has 0 radical (unpaired) electrons. The monoisotopic (exact) mass is 249 g/mol. The molecular formula is C12H27NO2S. The molecule has 4 heteroatoms. The van der Waals surface area contributed by atoms with Crippen LogP contribution in [0.5, 0.6) is 0 Å². The van der Waals surface area contributed by atoms with Crippen LogP contribution < -0.4 is 0 Å². The van der Waals surface area contributed by atoms with Gasteiger partial charge in [-0.25, -0.2) is 0 Å². The van der Waals surface area contributed by atoms with Gasteiger partial charge in [-0.1, -0.05) is 0 Å². The average Bonchev–Trinajstić information content (AvgIpc) is 2.14. The molecule has 0 rings (SSSR count). The first kappa shape index (κ1) is 16.2. The maximum absolute atomic E-state index is 9.83. The van der Waals surface area contributed by atoms with Gasteiger partial charge >= 0.3 is 0 Å². The molecule has 98 valence electrons. The van der Waals surface area contributed by atoms with Crippen molar-refractivity contribution in [3.63, 3.8) is 0 Å². The summed E-state index contributed by atoms with van der Waals surface area (Å²) in [5, 5.41) is 9.83. The smallest absolute Gasteiger partial charge is 0.0900 e.